The van der Waals surface area contributed by atoms with Crippen molar-refractivity contribution in [1.82, 2.24) is 10.3 Å². The molecule has 17 heavy (non-hydrogen) atoms. The van der Waals surface area contributed by atoms with E-state index in [1.807, 2.05) is 7.05 Å². The third-order valence-electron chi connectivity index (χ3n) is 2.88. The lowest BCUT2D eigenvalue weighted by atomic mass is 10.1. The first kappa shape index (κ1) is 14.0. The molecular formula is C13H23N3O. The van der Waals surface area contributed by atoms with E-state index in [-0.39, 0.29) is 0 Å². The zero-order valence-electron chi connectivity index (χ0n) is 11.0. The molecule has 0 aliphatic heterocycles. The average Bonchev–Trinajstić information content (AvgIpc) is 2.36. The Hall–Kier alpha value is -1.10. The number of hydrogen-bond acceptors (Lipinski definition) is 4. The van der Waals surface area contributed by atoms with E-state index in [2.05, 4.69) is 35.4 Å². The van der Waals surface area contributed by atoms with Gasteiger partial charge in [0.2, 0.25) is 0 Å². The molecule has 0 spiro atoms. The fraction of sp³-hybridized carbons (Fsp3) is 0.538. The number of nitrogens with two attached hydrogens (primary N) is 1. The summed E-state index contributed by atoms with van der Waals surface area (Å²) in [5.74, 6) is 6.25. The normalized spacial score (nSPS) is 10.9. The van der Waals surface area contributed by atoms with Crippen LogP contribution in [0.15, 0.2) is 18.2 Å². The Morgan fingerprint density at radius 3 is 2.76 bits per heavy atom. The third-order valence-corrected chi connectivity index (χ3v) is 2.88. The van der Waals surface area contributed by atoms with E-state index < -0.39 is 0 Å². The van der Waals surface area contributed by atoms with E-state index in [4.69, 9.17) is 10.6 Å². The number of benzene rings is 1. The molecule has 4 nitrogen and oxygen atoms in total. The van der Waals surface area contributed by atoms with Crippen molar-refractivity contribution in [3.05, 3.63) is 29.3 Å². The molecule has 0 aromatic heterocycles. The lowest BCUT2D eigenvalue weighted by Crippen LogP contribution is -2.36. The van der Waals surface area contributed by atoms with E-state index in [9.17, 15) is 0 Å². The maximum atomic E-state index is 5.38. The van der Waals surface area contributed by atoms with Crippen LogP contribution in [0.1, 0.15) is 18.1 Å². The van der Waals surface area contributed by atoms with Crippen molar-refractivity contribution >= 4 is 0 Å². The largest absolute Gasteiger partial charge is 0.496 e. The summed E-state index contributed by atoms with van der Waals surface area (Å²) in [6.45, 7) is 3.81. The highest BCUT2D eigenvalue weighted by Gasteiger charge is 2.05. The fourth-order valence-corrected chi connectivity index (χ4v) is 1.79. The van der Waals surface area contributed by atoms with Gasteiger partial charge < -0.3 is 4.74 Å². The topological polar surface area (TPSA) is 50.5 Å². The second-order valence-electron chi connectivity index (χ2n) is 4.19. The Morgan fingerprint density at radius 1 is 1.41 bits per heavy atom. The van der Waals surface area contributed by atoms with Gasteiger partial charge in [-0.1, -0.05) is 19.1 Å². The number of aryl methyl sites for hydroxylation is 1. The van der Waals surface area contributed by atoms with E-state index in [1.54, 1.807) is 7.11 Å². The lowest BCUT2D eigenvalue weighted by Gasteiger charge is -2.17. The number of methoxy groups -OCH3 is 1. The van der Waals surface area contributed by atoms with Crippen molar-refractivity contribution in [3.63, 3.8) is 0 Å². The summed E-state index contributed by atoms with van der Waals surface area (Å²) in [7, 11) is 3.76. The maximum absolute atomic E-state index is 5.38. The molecule has 0 bridgehead atoms. The van der Waals surface area contributed by atoms with Gasteiger partial charge in [0.15, 0.2) is 0 Å². The van der Waals surface area contributed by atoms with Crippen molar-refractivity contribution in [2.75, 3.05) is 27.4 Å². The van der Waals surface area contributed by atoms with Crippen molar-refractivity contribution < 1.29 is 4.74 Å². The molecule has 0 amide bonds. The third kappa shape index (κ3) is 4.34. The van der Waals surface area contributed by atoms with Crippen LogP contribution in [0.2, 0.25) is 0 Å². The number of likely N-dealkylation sites (N-methyl/N-ethyl adjacent to an activating group) is 1. The van der Waals surface area contributed by atoms with Crippen LogP contribution in [0.25, 0.3) is 0 Å². The SMILES string of the molecule is CCc1ccc(OC)c(CCN(C)CNN)c1. The standard InChI is InChI=1S/C13H23N3O/c1-4-11-5-6-13(17-3)12(9-11)7-8-16(2)10-15-14/h5-6,9,15H,4,7-8,10,14H2,1-3H3. The van der Waals surface area contributed by atoms with E-state index >= 15 is 0 Å². The van der Waals surface area contributed by atoms with Crippen LogP contribution in [0.5, 0.6) is 5.75 Å². The summed E-state index contributed by atoms with van der Waals surface area (Å²) < 4.78 is 5.38. The minimum atomic E-state index is 0.690. The van der Waals surface area contributed by atoms with Crippen LogP contribution < -0.4 is 16.0 Å². The molecule has 0 atom stereocenters. The summed E-state index contributed by atoms with van der Waals surface area (Å²) in [5.41, 5.74) is 5.26. The zero-order valence-corrected chi connectivity index (χ0v) is 11.0. The highest BCUT2D eigenvalue weighted by Crippen LogP contribution is 2.20. The Bertz CT molecular complexity index is 341. The molecule has 0 saturated heterocycles. The van der Waals surface area contributed by atoms with Crippen molar-refractivity contribution in [2.45, 2.75) is 19.8 Å². The summed E-state index contributed by atoms with van der Waals surface area (Å²) in [6, 6.07) is 6.39. The summed E-state index contributed by atoms with van der Waals surface area (Å²) in [6.07, 6.45) is 2.02. The van der Waals surface area contributed by atoms with Crippen LogP contribution in [-0.2, 0) is 12.8 Å². The second kappa shape index (κ2) is 7.27. The Kier molecular flexibility index (Phi) is 5.97. The number of ether oxygens (including phenoxy) is 1. The first-order chi connectivity index (χ1) is 8.21. The molecule has 0 saturated carbocycles. The van der Waals surface area contributed by atoms with Crippen LogP contribution in [0, 0.1) is 0 Å². The molecule has 3 N–H and O–H groups in total. The quantitative estimate of drug-likeness (QED) is 0.424. The van der Waals surface area contributed by atoms with Gasteiger partial charge in [-0.2, -0.15) is 0 Å². The Balaban J connectivity index is 2.67. The van der Waals surface area contributed by atoms with Gasteiger partial charge in [-0.25, -0.2) is 5.43 Å². The highest BCUT2D eigenvalue weighted by molar-refractivity contribution is 5.37. The molecule has 1 aromatic rings. The van der Waals surface area contributed by atoms with Gasteiger partial charge in [-0.05, 0) is 37.1 Å². The number of rotatable bonds is 7. The Morgan fingerprint density at radius 2 is 2.18 bits per heavy atom. The number of nitrogens with zero attached hydrogens (tertiary/aromatic N) is 1. The summed E-state index contributed by atoms with van der Waals surface area (Å²) in [5, 5.41) is 0. The predicted octanol–water partition coefficient (Wildman–Crippen LogP) is 1.15. The minimum Gasteiger partial charge on any atom is -0.496 e. The van der Waals surface area contributed by atoms with Gasteiger partial charge in [0.05, 0.1) is 13.8 Å². The fourth-order valence-electron chi connectivity index (χ4n) is 1.79. The van der Waals surface area contributed by atoms with Gasteiger partial charge in [0, 0.05) is 6.54 Å². The minimum absolute atomic E-state index is 0.690. The second-order valence-corrected chi connectivity index (χ2v) is 4.19. The first-order valence-corrected chi connectivity index (χ1v) is 5.99. The number of hydrogen-bond donors (Lipinski definition) is 2. The number of nitrogens with one attached hydrogen (secondary N) is 1. The monoisotopic (exact) mass is 237 g/mol. The predicted molar refractivity (Wildman–Crippen MR) is 70.9 cm³/mol. The summed E-state index contributed by atoms with van der Waals surface area (Å²) in [4.78, 5) is 2.14. The Labute approximate surface area is 104 Å². The molecule has 0 radical (unpaired) electrons. The smallest absolute Gasteiger partial charge is 0.122 e. The van der Waals surface area contributed by atoms with E-state index in [0.717, 1.165) is 25.1 Å². The zero-order chi connectivity index (χ0) is 12.7. The molecule has 0 aliphatic carbocycles. The van der Waals surface area contributed by atoms with Crippen LogP contribution in [-0.4, -0.2) is 32.3 Å². The number of hydrazine groups is 1. The maximum Gasteiger partial charge on any atom is 0.122 e. The van der Waals surface area contributed by atoms with Gasteiger partial charge >= 0.3 is 0 Å². The van der Waals surface area contributed by atoms with E-state index in [0.29, 0.717) is 6.67 Å². The lowest BCUT2D eigenvalue weighted by molar-refractivity contribution is 0.310. The first-order valence-electron chi connectivity index (χ1n) is 5.99. The molecule has 1 rings (SSSR count). The molecule has 0 heterocycles. The van der Waals surface area contributed by atoms with Gasteiger partial charge in [0.1, 0.15) is 5.75 Å². The molecule has 0 aliphatic rings. The highest BCUT2D eigenvalue weighted by atomic mass is 16.5. The molecular weight excluding hydrogens is 214 g/mol. The molecule has 96 valence electrons. The van der Waals surface area contributed by atoms with Crippen molar-refractivity contribution in [3.8, 4) is 5.75 Å². The molecule has 0 unspecified atom stereocenters. The average molecular weight is 237 g/mol. The van der Waals surface area contributed by atoms with Gasteiger partial charge in [0.25, 0.3) is 0 Å². The van der Waals surface area contributed by atoms with Crippen LogP contribution >= 0.6 is 0 Å². The molecule has 0 fully saturated rings. The van der Waals surface area contributed by atoms with Gasteiger partial charge in [-0.15, -0.1) is 0 Å². The van der Waals surface area contributed by atoms with Crippen molar-refractivity contribution in [2.24, 2.45) is 5.84 Å². The molecule has 1 aromatic carbocycles. The van der Waals surface area contributed by atoms with Gasteiger partial charge in [-0.3, -0.25) is 10.7 Å². The van der Waals surface area contributed by atoms with Crippen LogP contribution in [0.3, 0.4) is 0 Å². The molecule has 4 heteroatoms. The van der Waals surface area contributed by atoms with Crippen LogP contribution in [0.4, 0.5) is 0 Å². The summed E-state index contributed by atoms with van der Waals surface area (Å²) >= 11 is 0. The van der Waals surface area contributed by atoms with E-state index in [1.165, 1.54) is 11.1 Å². The van der Waals surface area contributed by atoms with Crippen molar-refractivity contribution in [1.29, 1.82) is 0 Å².